The first-order chi connectivity index (χ1) is 8.54. The molecule has 3 N–H and O–H groups in total. The summed E-state index contributed by atoms with van der Waals surface area (Å²) in [7, 11) is 0. The van der Waals surface area contributed by atoms with Crippen LogP contribution in [0.15, 0.2) is 18.2 Å². The van der Waals surface area contributed by atoms with Gasteiger partial charge in [-0.25, -0.2) is 0 Å². The van der Waals surface area contributed by atoms with E-state index >= 15 is 0 Å². The van der Waals surface area contributed by atoms with Gasteiger partial charge in [0.1, 0.15) is 0 Å². The molecule has 2 rings (SSSR count). The Labute approximate surface area is 109 Å². The van der Waals surface area contributed by atoms with Gasteiger partial charge in [0, 0.05) is 6.54 Å². The van der Waals surface area contributed by atoms with Crippen molar-refractivity contribution < 1.29 is 4.79 Å². The first-order valence-corrected chi connectivity index (χ1v) is 6.58. The van der Waals surface area contributed by atoms with Crippen molar-refractivity contribution in [3.63, 3.8) is 0 Å². The van der Waals surface area contributed by atoms with E-state index in [-0.39, 0.29) is 11.3 Å². The zero-order valence-electron chi connectivity index (χ0n) is 11.3. The summed E-state index contributed by atoms with van der Waals surface area (Å²) in [4.78, 5) is 11.8. The van der Waals surface area contributed by atoms with Crippen LogP contribution in [0.1, 0.15) is 29.5 Å². The topological polar surface area (TPSA) is 55.1 Å². The SMILES string of the molecule is Cc1ccc(CC(=O)NCC2(CN)CC2)cc1C. The van der Waals surface area contributed by atoms with Crippen molar-refractivity contribution >= 4 is 5.91 Å². The van der Waals surface area contributed by atoms with Gasteiger partial charge in [-0.1, -0.05) is 18.2 Å². The second kappa shape index (κ2) is 5.11. The van der Waals surface area contributed by atoms with Crippen molar-refractivity contribution in [3.05, 3.63) is 34.9 Å². The molecule has 3 heteroatoms. The Bertz CT molecular complexity index is 450. The van der Waals surface area contributed by atoms with Gasteiger partial charge in [-0.15, -0.1) is 0 Å². The van der Waals surface area contributed by atoms with Crippen LogP contribution in [0.25, 0.3) is 0 Å². The van der Waals surface area contributed by atoms with E-state index < -0.39 is 0 Å². The lowest BCUT2D eigenvalue weighted by atomic mass is 10.0. The van der Waals surface area contributed by atoms with Crippen molar-refractivity contribution in [3.8, 4) is 0 Å². The van der Waals surface area contributed by atoms with E-state index in [1.165, 1.54) is 11.1 Å². The zero-order valence-corrected chi connectivity index (χ0v) is 11.3. The van der Waals surface area contributed by atoms with Crippen molar-refractivity contribution in [2.45, 2.75) is 33.1 Å². The average molecular weight is 246 g/mol. The minimum Gasteiger partial charge on any atom is -0.355 e. The first-order valence-electron chi connectivity index (χ1n) is 6.58. The van der Waals surface area contributed by atoms with Gasteiger partial charge in [0.05, 0.1) is 6.42 Å². The number of carbonyl (C=O) groups is 1. The Kier molecular flexibility index (Phi) is 3.71. The van der Waals surface area contributed by atoms with Crippen LogP contribution >= 0.6 is 0 Å². The molecule has 0 heterocycles. The molecule has 3 nitrogen and oxygen atoms in total. The van der Waals surface area contributed by atoms with Gasteiger partial charge in [-0.2, -0.15) is 0 Å². The molecule has 1 aliphatic carbocycles. The number of aryl methyl sites for hydroxylation is 2. The predicted octanol–water partition coefficient (Wildman–Crippen LogP) is 1.70. The maximum absolute atomic E-state index is 11.8. The van der Waals surface area contributed by atoms with Gasteiger partial charge in [-0.3, -0.25) is 4.79 Å². The molecule has 0 spiro atoms. The van der Waals surface area contributed by atoms with E-state index in [0.717, 1.165) is 24.9 Å². The third kappa shape index (κ3) is 3.10. The molecule has 0 atom stereocenters. The fourth-order valence-electron chi connectivity index (χ4n) is 2.08. The van der Waals surface area contributed by atoms with Crippen LogP contribution < -0.4 is 11.1 Å². The third-order valence-corrected chi connectivity index (χ3v) is 3.99. The van der Waals surface area contributed by atoms with Crippen LogP contribution in [0.2, 0.25) is 0 Å². The maximum atomic E-state index is 11.8. The summed E-state index contributed by atoms with van der Waals surface area (Å²) in [6.45, 7) is 5.56. The lowest BCUT2D eigenvalue weighted by Crippen LogP contribution is -2.34. The summed E-state index contributed by atoms with van der Waals surface area (Å²) in [5.41, 5.74) is 9.48. The van der Waals surface area contributed by atoms with E-state index in [0.29, 0.717) is 13.0 Å². The highest BCUT2D eigenvalue weighted by molar-refractivity contribution is 5.78. The molecule has 18 heavy (non-hydrogen) atoms. The van der Waals surface area contributed by atoms with E-state index in [1.54, 1.807) is 0 Å². The van der Waals surface area contributed by atoms with Gasteiger partial charge in [0.25, 0.3) is 0 Å². The van der Waals surface area contributed by atoms with Gasteiger partial charge >= 0.3 is 0 Å². The minimum absolute atomic E-state index is 0.0954. The Hall–Kier alpha value is -1.35. The van der Waals surface area contributed by atoms with Crippen LogP contribution in [0.3, 0.4) is 0 Å². The van der Waals surface area contributed by atoms with Gasteiger partial charge < -0.3 is 11.1 Å². The number of hydrogen-bond donors (Lipinski definition) is 2. The molecule has 1 amide bonds. The molecule has 98 valence electrons. The van der Waals surface area contributed by atoms with Crippen LogP contribution in [0.5, 0.6) is 0 Å². The maximum Gasteiger partial charge on any atom is 0.224 e. The average Bonchev–Trinajstić information content (AvgIpc) is 3.12. The summed E-state index contributed by atoms with van der Waals surface area (Å²) < 4.78 is 0. The molecular formula is C15H22N2O. The quantitative estimate of drug-likeness (QED) is 0.831. The number of nitrogens with two attached hydrogens (primary N) is 1. The Morgan fingerprint density at radius 2 is 2.06 bits per heavy atom. The number of nitrogens with one attached hydrogen (secondary N) is 1. The smallest absolute Gasteiger partial charge is 0.224 e. The molecule has 0 unspecified atom stereocenters. The molecule has 1 aliphatic rings. The summed E-state index contributed by atoms with van der Waals surface area (Å²) in [6, 6.07) is 6.18. The minimum atomic E-state index is 0.0954. The zero-order chi connectivity index (χ0) is 13.2. The highest BCUT2D eigenvalue weighted by atomic mass is 16.1. The molecule has 0 aliphatic heterocycles. The Balaban J connectivity index is 1.85. The molecule has 0 saturated heterocycles. The van der Waals surface area contributed by atoms with Gasteiger partial charge in [0.2, 0.25) is 5.91 Å². The number of rotatable bonds is 5. The van der Waals surface area contributed by atoms with Crippen molar-refractivity contribution in [2.24, 2.45) is 11.1 Å². The molecule has 0 radical (unpaired) electrons. The lowest BCUT2D eigenvalue weighted by Gasteiger charge is -2.13. The largest absolute Gasteiger partial charge is 0.355 e. The van der Waals surface area contributed by atoms with E-state index in [9.17, 15) is 4.79 Å². The number of carbonyl (C=O) groups excluding carboxylic acids is 1. The normalized spacial score (nSPS) is 16.4. The summed E-state index contributed by atoms with van der Waals surface area (Å²) >= 11 is 0. The molecule has 1 aromatic carbocycles. The lowest BCUT2D eigenvalue weighted by molar-refractivity contribution is -0.120. The standard InChI is InChI=1S/C15H22N2O/c1-11-3-4-13(7-12(11)2)8-14(18)17-10-15(9-16)5-6-15/h3-4,7H,5-6,8-10,16H2,1-2H3,(H,17,18). The molecule has 0 aromatic heterocycles. The number of amides is 1. The summed E-state index contributed by atoms with van der Waals surface area (Å²) in [6.07, 6.45) is 2.75. The summed E-state index contributed by atoms with van der Waals surface area (Å²) in [5.74, 6) is 0.0954. The number of hydrogen-bond acceptors (Lipinski definition) is 2. The van der Waals surface area contributed by atoms with Gasteiger partial charge in [0.15, 0.2) is 0 Å². The van der Waals surface area contributed by atoms with Crippen LogP contribution in [0, 0.1) is 19.3 Å². The second-order valence-corrected chi connectivity index (χ2v) is 5.58. The molecular weight excluding hydrogens is 224 g/mol. The van der Waals surface area contributed by atoms with Crippen LogP contribution in [-0.2, 0) is 11.2 Å². The fraction of sp³-hybridized carbons (Fsp3) is 0.533. The Morgan fingerprint density at radius 1 is 1.33 bits per heavy atom. The first kappa shape index (κ1) is 13.1. The van der Waals surface area contributed by atoms with E-state index in [2.05, 4.69) is 31.3 Å². The van der Waals surface area contributed by atoms with E-state index in [4.69, 9.17) is 5.73 Å². The van der Waals surface area contributed by atoms with Crippen molar-refractivity contribution in [2.75, 3.05) is 13.1 Å². The fourth-order valence-corrected chi connectivity index (χ4v) is 2.08. The van der Waals surface area contributed by atoms with Crippen LogP contribution in [0.4, 0.5) is 0 Å². The van der Waals surface area contributed by atoms with Gasteiger partial charge in [-0.05, 0) is 55.3 Å². The highest BCUT2D eigenvalue weighted by Gasteiger charge is 2.41. The third-order valence-electron chi connectivity index (χ3n) is 3.99. The second-order valence-electron chi connectivity index (χ2n) is 5.58. The molecule has 0 bridgehead atoms. The molecule has 1 aromatic rings. The molecule has 1 fully saturated rings. The van der Waals surface area contributed by atoms with Crippen molar-refractivity contribution in [1.82, 2.24) is 5.32 Å². The monoisotopic (exact) mass is 246 g/mol. The Morgan fingerprint density at radius 3 is 2.61 bits per heavy atom. The predicted molar refractivity (Wildman–Crippen MR) is 73.4 cm³/mol. The summed E-state index contributed by atoms with van der Waals surface area (Å²) in [5, 5.41) is 3.00. The highest BCUT2D eigenvalue weighted by Crippen LogP contribution is 2.43. The number of benzene rings is 1. The van der Waals surface area contributed by atoms with E-state index in [1.807, 2.05) is 6.07 Å². The molecule has 1 saturated carbocycles. The van der Waals surface area contributed by atoms with Crippen LogP contribution in [-0.4, -0.2) is 19.0 Å². The van der Waals surface area contributed by atoms with Crippen molar-refractivity contribution in [1.29, 1.82) is 0 Å².